The first kappa shape index (κ1) is 20.6. The van der Waals surface area contributed by atoms with E-state index in [1.807, 2.05) is 0 Å². The summed E-state index contributed by atoms with van der Waals surface area (Å²) in [5, 5.41) is 5.64. The molecule has 1 heterocycles. The Balaban J connectivity index is 1.72. The minimum atomic E-state index is -4.56. The second-order valence-electron chi connectivity index (χ2n) is 7.64. The van der Waals surface area contributed by atoms with Crippen molar-refractivity contribution in [1.29, 1.82) is 0 Å². The number of alkyl halides is 3. The Morgan fingerprint density at radius 3 is 2.75 bits per heavy atom. The van der Waals surface area contributed by atoms with Crippen LogP contribution in [0.3, 0.4) is 0 Å². The molecule has 154 valence electrons. The number of rotatable bonds is 5. The number of benzene rings is 1. The molecule has 0 radical (unpaired) electrons. The lowest BCUT2D eigenvalue weighted by molar-refractivity contribution is -0.147. The third kappa shape index (κ3) is 4.01. The number of hydrogen-bond donors (Lipinski definition) is 2. The zero-order chi connectivity index (χ0) is 20.4. The van der Waals surface area contributed by atoms with Crippen LogP contribution in [0.5, 0.6) is 0 Å². The molecule has 1 aliphatic carbocycles. The fourth-order valence-electron chi connectivity index (χ4n) is 4.51. The molecule has 0 spiro atoms. The second kappa shape index (κ2) is 8.11. The van der Waals surface area contributed by atoms with Crippen molar-refractivity contribution in [2.75, 3.05) is 31.5 Å². The van der Waals surface area contributed by atoms with E-state index in [9.17, 15) is 22.8 Å². The van der Waals surface area contributed by atoms with Crippen LogP contribution in [0.2, 0.25) is 0 Å². The molecule has 1 saturated heterocycles. The fraction of sp³-hybridized carbons (Fsp3) is 0.600. The van der Waals surface area contributed by atoms with E-state index in [1.165, 1.54) is 23.1 Å². The largest absolute Gasteiger partial charge is 0.418 e. The molecular weight excluding hydrogens is 371 g/mol. The molecule has 2 amide bonds. The highest BCUT2D eigenvalue weighted by atomic mass is 19.4. The Morgan fingerprint density at radius 1 is 1.29 bits per heavy atom. The van der Waals surface area contributed by atoms with E-state index in [2.05, 4.69) is 10.6 Å². The minimum Gasteiger partial charge on any atom is -0.333 e. The minimum absolute atomic E-state index is 0.0658. The summed E-state index contributed by atoms with van der Waals surface area (Å²) in [6.07, 6.45) is -0.706. The smallest absolute Gasteiger partial charge is 0.333 e. The van der Waals surface area contributed by atoms with Gasteiger partial charge in [0.05, 0.1) is 23.2 Å². The Kier molecular flexibility index (Phi) is 5.98. The van der Waals surface area contributed by atoms with Gasteiger partial charge in [0.15, 0.2) is 0 Å². The Morgan fingerprint density at radius 2 is 2.04 bits per heavy atom. The predicted octanol–water partition coefficient (Wildman–Crippen LogP) is 3.27. The molecule has 0 unspecified atom stereocenters. The summed E-state index contributed by atoms with van der Waals surface area (Å²) >= 11 is 0. The first-order chi connectivity index (χ1) is 13.3. The summed E-state index contributed by atoms with van der Waals surface area (Å²) in [5.74, 6) is -0.428. The predicted molar refractivity (Wildman–Crippen MR) is 99.6 cm³/mol. The highest BCUT2D eigenvalue weighted by Crippen LogP contribution is 2.45. The Hall–Kier alpha value is -2.09. The van der Waals surface area contributed by atoms with Crippen molar-refractivity contribution >= 4 is 17.5 Å². The lowest BCUT2D eigenvalue weighted by atomic mass is 9.67. The molecule has 1 saturated carbocycles. The van der Waals surface area contributed by atoms with Crippen molar-refractivity contribution in [3.63, 3.8) is 0 Å². The van der Waals surface area contributed by atoms with Crippen LogP contribution in [-0.4, -0.2) is 42.9 Å². The van der Waals surface area contributed by atoms with Crippen LogP contribution in [0.1, 0.15) is 38.2 Å². The molecular formula is C20H26F3N3O2. The molecule has 5 nitrogen and oxygen atoms in total. The Labute approximate surface area is 162 Å². The topological polar surface area (TPSA) is 61.4 Å². The van der Waals surface area contributed by atoms with Crippen molar-refractivity contribution in [2.45, 2.75) is 38.8 Å². The van der Waals surface area contributed by atoms with E-state index in [-0.39, 0.29) is 24.1 Å². The van der Waals surface area contributed by atoms with Gasteiger partial charge in [0.2, 0.25) is 11.8 Å². The molecule has 2 aliphatic rings. The van der Waals surface area contributed by atoms with Crippen LogP contribution < -0.4 is 10.6 Å². The zero-order valence-electron chi connectivity index (χ0n) is 15.9. The summed E-state index contributed by atoms with van der Waals surface area (Å²) in [7, 11) is 0. The number of amides is 2. The zero-order valence-corrected chi connectivity index (χ0v) is 15.9. The number of fused-ring (bicyclic) bond motifs is 1. The van der Waals surface area contributed by atoms with Crippen molar-refractivity contribution in [3.8, 4) is 0 Å². The molecule has 28 heavy (non-hydrogen) atoms. The molecule has 1 aromatic rings. The Bertz CT molecular complexity index is 738. The van der Waals surface area contributed by atoms with Gasteiger partial charge in [0, 0.05) is 13.1 Å². The molecule has 1 aliphatic heterocycles. The summed E-state index contributed by atoms with van der Waals surface area (Å²) in [6, 6.07) is 4.85. The first-order valence-electron chi connectivity index (χ1n) is 9.74. The maximum atomic E-state index is 13.3. The van der Waals surface area contributed by atoms with Crippen LogP contribution in [-0.2, 0) is 15.8 Å². The highest BCUT2D eigenvalue weighted by molar-refractivity contribution is 5.96. The quantitative estimate of drug-likeness (QED) is 0.802. The average molecular weight is 397 g/mol. The van der Waals surface area contributed by atoms with Crippen LogP contribution in [0, 0.1) is 11.3 Å². The van der Waals surface area contributed by atoms with Gasteiger partial charge in [-0.2, -0.15) is 13.2 Å². The van der Waals surface area contributed by atoms with Gasteiger partial charge in [0.25, 0.3) is 0 Å². The summed E-state index contributed by atoms with van der Waals surface area (Å²) in [4.78, 5) is 27.2. The number of likely N-dealkylation sites (N-methyl/N-ethyl adjacent to an activating group) is 1. The van der Waals surface area contributed by atoms with Gasteiger partial charge in [-0.25, -0.2) is 0 Å². The van der Waals surface area contributed by atoms with E-state index >= 15 is 0 Å². The normalized spacial score (nSPS) is 24.5. The number of para-hydroxylation sites is 1. The average Bonchev–Trinajstić information content (AvgIpc) is 3.10. The van der Waals surface area contributed by atoms with Gasteiger partial charge in [0.1, 0.15) is 0 Å². The molecule has 0 bridgehead atoms. The molecule has 8 heteroatoms. The van der Waals surface area contributed by atoms with E-state index in [1.54, 1.807) is 6.92 Å². The van der Waals surface area contributed by atoms with E-state index in [0.29, 0.717) is 13.1 Å². The van der Waals surface area contributed by atoms with Crippen LogP contribution >= 0.6 is 0 Å². The standard InChI is InChI=1S/C20H26F3N3O2/c1-2-26(18(28)19-10-6-5-7-14(19)11-24-13-19)12-17(27)25-16-9-4-3-8-15(16)20(21,22)23/h3-4,8-9,14,24H,2,5-7,10-13H2,1H3,(H,25,27)/t14-,19+/m0/s1. The van der Waals surface area contributed by atoms with E-state index < -0.39 is 23.1 Å². The van der Waals surface area contributed by atoms with Gasteiger partial charge < -0.3 is 15.5 Å². The van der Waals surface area contributed by atoms with Crippen LogP contribution in [0.15, 0.2) is 24.3 Å². The summed E-state index contributed by atoms with van der Waals surface area (Å²) in [5.41, 5.74) is -1.68. The van der Waals surface area contributed by atoms with Crippen molar-refractivity contribution < 1.29 is 22.8 Å². The van der Waals surface area contributed by atoms with Crippen molar-refractivity contribution in [3.05, 3.63) is 29.8 Å². The number of carbonyl (C=O) groups is 2. The third-order valence-electron chi connectivity index (χ3n) is 5.97. The summed E-state index contributed by atoms with van der Waals surface area (Å²) < 4.78 is 39.4. The van der Waals surface area contributed by atoms with Gasteiger partial charge >= 0.3 is 6.18 Å². The van der Waals surface area contributed by atoms with Gasteiger partial charge in [-0.05, 0) is 44.4 Å². The van der Waals surface area contributed by atoms with Gasteiger partial charge in [-0.15, -0.1) is 0 Å². The number of nitrogens with zero attached hydrogens (tertiary/aromatic N) is 1. The first-order valence-corrected chi connectivity index (χ1v) is 9.74. The molecule has 2 fully saturated rings. The number of carbonyl (C=O) groups excluding carboxylic acids is 2. The number of nitrogens with one attached hydrogen (secondary N) is 2. The molecule has 1 aromatic carbocycles. The lowest BCUT2D eigenvalue weighted by Gasteiger charge is -2.40. The highest BCUT2D eigenvalue weighted by Gasteiger charge is 2.51. The number of halogens is 3. The number of hydrogen-bond acceptors (Lipinski definition) is 3. The van der Waals surface area contributed by atoms with E-state index in [0.717, 1.165) is 38.3 Å². The summed E-state index contributed by atoms with van der Waals surface area (Å²) in [6.45, 7) is 3.27. The lowest BCUT2D eigenvalue weighted by Crippen LogP contribution is -2.51. The maximum Gasteiger partial charge on any atom is 0.418 e. The van der Waals surface area contributed by atoms with E-state index in [4.69, 9.17) is 0 Å². The SMILES string of the molecule is CCN(CC(=O)Nc1ccccc1C(F)(F)F)C(=O)[C@@]12CCCC[C@H]1CNC2. The monoisotopic (exact) mass is 397 g/mol. The second-order valence-corrected chi connectivity index (χ2v) is 7.64. The van der Waals surface area contributed by atoms with Gasteiger partial charge in [-0.3, -0.25) is 9.59 Å². The molecule has 2 N–H and O–H groups in total. The maximum absolute atomic E-state index is 13.3. The number of anilines is 1. The van der Waals surface area contributed by atoms with Gasteiger partial charge in [-0.1, -0.05) is 25.0 Å². The molecule has 3 rings (SSSR count). The van der Waals surface area contributed by atoms with Crippen molar-refractivity contribution in [2.24, 2.45) is 11.3 Å². The van der Waals surface area contributed by atoms with Crippen LogP contribution in [0.4, 0.5) is 18.9 Å². The third-order valence-corrected chi connectivity index (χ3v) is 5.97. The van der Waals surface area contributed by atoms with Crippen LogP contribution in [0.25, 0.3) is 0 Å². The fourth-order valence-corrected chi connectivity index (χ4v) is 4.51. The molecule has 2 atom stereocenters. The molecule has 0 aromatic heterocycles. The van der Waals surface area contributed by atoms with Crippen molar-refractivity contribution in [1.82, 2.24) is 10.2 Å².